The van der Waals surface area contributed by atoms with Crippen molar-refractivity contribution in [2.45, 2.75) is 18.7 Å². The van der Waals surface area contributed by atoms with Gasteiger partial charge in [0, 0.05) is 33.2 Å². The second-order valence-corrected chi connectivity index (χ2v) is 6.97. The average molecular weight is 344 g/mol. The van der Waals surface area contributed by atoms with Crippen LogP contribution in [0.1, 0.15) is 21.5 Å². The van der Waals surface area contributed by atoms with Gasteiger partial charge in [-0.15, -0.1) is 0 Å². The van der Waals surface area contributed by atoms with Crippen molar-refractivity contribution in [1.29, 1.82) is 0 Å². The number of hydrogen-bond donors (Lipinski definition) is 2. The summed E-state index contributed by atoms with van der Waals surface area (Å²) in [5, 5.41) is 5.28. The van der Waals surface area contributed by atoms with Crippen LogP contribution in [0.15, 0.2) is 47.4 Å². The molecule has 6 heteroatoms. The predicted molar refractivity (Wildman–Crippen MR) is 95.7 cm³/mol. The molecular formula is C18H20N2O3S. The highest BCUT2D eigenvalue weighted by molar-refractivity contribution is 7.84. The van der Waals surface area contributed by atoms with Gasteiger partial charge in [-0.1, -0.05) is 23.3 Å². The monoisotopic (exact) mass is 344 g/mol. The van der Waals surface area contributed by atoms with E-state index in [0.717, 1.165) is 11.1 Å². The molecule has 2 amide bonds. The van der Waals surface area contributed by atoms with E-state index in [2.05, 4.69) is 10.6 Å². The van der Waals surface area contributed by atoms with Crippen LogP contribution >= 0.6 is 0 Å². The predicted octanol–water partition coefficient (Wildman–Crippen LogP) is 2.41. The fourth-order valence-electron chi connectivity index (χ4n) is 2.33. The summed E-state index contributed by atoms with van der Waals surface area (Å²) in [6.07, 6.45) is 1.57. The number of amides is 2. The van der Waals surface area contributed by atoms with Gasteiger partial charge >= 0.3 is 0 Å². The largest absolute Gasteiger partial charge is 0.343 e. The Kier molecular flexibility index (Phi) is 5.87. The van der Waals surface area contributed by atoms with E-state index in [0.29, 0.717) is 16.1 Å². The molecule has 5 nitrogen and oxygen atoms in total. The van der Waals surface area contributed by atoms with Crippen LogP contribution in [-0.2, 0) is 15.6 Å². The first-order chi connectivity index (χ1) is 11.3. The summed E-state index contributed by atoms with van der Waals surface area (Å²) in [5.41, 5.74) is 3.07. The zero-order valence-corrected chi connectivity index (χ0v) is 14.7. The van der Waals surface area contributed by atoms with E-state index in [1.165, 1.54) is 0 Å². The topological polar surface area (TPSA) is 75.3 Å². The Morgan fingerprint density at radius 1 is 1.04 bits per heavy atom. The fraction of sp³-hybridized carbons (Fsp3) is 0.222. The molecule has 0 saturated carbocycles. The molecule has 0 aliphatic rings. The first-order valence-corrected chi connectivity index (χ1v) is 9.01. The van der Waals surface area contributed by atoms with Crippen LogP contribution in [0.25, 0.3) is 0 Å². The molecule has 0 aliphatic carbocycles. The van der Waals surface area contributed by atoms with Crippen molar-refractivity contribution in [2.24, 2.45) is 0 Å². The van der Waals surface area contributed by atoms with Crippen molar-refractivity contribution in [3.05, 3.63) is 59.2 Å². The van der Waals surface area contributed by atoms with E-state index in [-0.39, 0.29) is 18.4 Å². The Bertz CT molecular complexity index is 782. The Hall–Kier alpha value is -2.47. The minimum absolute atomic E-state index is 0.134. The van der Waals surface area contributed by atoms with E-state index in [4.69, 9.17) is 0 Å². The van der Waals surface area contributed by atoms with Gasteiger partial charge in [0.05, 0.1) is 6.54 Å². The Morgan fingerprint density at radius 2 is 1.71 bits per heavy atom. The molecule has 0 heterocycles. The molecule has 2 aromatic carbocycles. The fourth-order valence-corrected chi connectivity index (χ4v) is 2.89. The van der Waals surface area contributed by atoms with Crippen LogP contribution in [0.2, 0.25) is 0 Å². The van der Waals surface area contributed by atoms with Crippen molar-refractivity contribution in [2.75, 3.05) is 18.1 Å². The van der Waals surface area contributed by atoms with Gasteiger partial charge in [-0.3, -0.25) is 13.8 Å². The minimum Gasteiger partial charge on any atom is -0.343 e. The summed E-state index contributed by atoms with van der Waals surface area (Å²) in [7, 11) is -1.12. The lowest BCUT2D eigenvalue weighted by molar-refractivity contribution is -0.115. The van der Waals surface area contributed by atoms with E-state index in [9.17, 15) is 13.8 Å². The molecular weight excluding hydrogens is 324 g/mol. The van der Waals surface area contributed by atoms with Gasteiger partial charge in [-0.05, 0) is 44.2 Å². The molecule has 0 unspecified atom stereocenters. The summed E-state index contributed by atoms with van der Waals surface area (Å²) in [5.74, 6) is -0.632. The van der Waals surface area contributed by atoms with E-state index >= 15 is 0 Å². The molecule has 0 fully saturated rings. The van der Waals surface area contributed by atoms with Crippen LogP contribution in [0, 0.1) is 13.8 Å². The van der Waals surface area contributed by atoms with Gasteiger partial charge in [0.25, 0.3) is 5.91 Å². The molecule has 0 bridgehead atoms. The first-order valence-electron chi connectivity index (χ1n) is 7.45. The van der Waals surface area contributed by atoms with Crippen LogP contribution in [-0.4, -0.2) is 28.8 Å². The lowest BCUT2D eigenvalue weighted by Crippen LogP contribution is -2.32. The number of nitrogens with one attached hydrogen (secondary N) is 2. The minimum atomic E-state index is -1.12. The number of aryl methyl sites for hydroxylation is 2. The maximum Gasteiger partial charge on any atom is 0.251 e. The molecule has 2 aromatic rings. The average Bonchev–Trinajstić information content (AvgIpc) is 2.52. The number of benzene rings is 2. The Morgan fingerprint density at radius 3 is 2.33 bits per heavy atom. The summed E-state index contributed by atoms with van der Waals surface area (Å²) in [6, 6.07) is 12.3. The SMILES string of the molecule is Cc1cc(C)cc(C(=O)NCC(=O)Nc2cccc([S@](C)=O)c2)c1. The standard InChI is InChI=1S/C18H20N2O3S/c1-12-7-13(2)9-14(8-12)18(22)19-11-17(21)20-15-5-4-6-16(10-15)24(3)23/h4-10H,11H2,1-3H3,(H,19,22)(H,20,21)/t24-/m0/s1. The molecule has 24 heavy (non-hydrogen) atoms. The molecule has 2 rings (SSSR count). The second-order valence-electron chi connectivity index (χ2n) is 5.59. The van der Waals surface area contributed by atoms with Gasteiger partial charge in [0.2, 0.25) is 5.91 Å². The van der Waals surface area contributed by atoms with E-state index in [1.807, 2.05) is 19.9 Å². The summed E-state index contributed by atoms with van der Waals surface area (Å²) in [4.78, 5) is 24.7. The van der Waals surface area contributed by atoms with Gasteiger partial charge in [0.15, 0.2) is 0 Å². The summed E-state index contributed by atoms with van der Waals surface area (Å²) < 4.78 is 11.5. The third-order valence-corrected chi connectivity index (χ3v) is 4.26. The van der Waals surface area contributed by atoms with Crippen LogP contribution < -0.4 is 10.6 Å². The van der Waals surface area contributed by atoms with Gasteiger partial charge < -0.3 is 10.6 Å². The van der Waals surface area contributed by atoms with E-state index in [1.54, 1.807) is 42.7 Å². The Labute approximate surface area is 143 Å². The molecule has 0 saturated heterocycles. The third-order valence-electron chi connectivity index (χ3n) is 3.34. The molecule has 0 radical (unpaired) electrons. The van der Waals surface area contributed by atoms with Crippen LogP contribution in [0.4, 0.5) is 5.69 Å². The molecule has 0 aliphatic heterocycles. The highest BCUT2D eigenvalue weighted by atomic mass is 32.2. The highest BCUT2D eigenvalue weighted by Crippen LogP contribution is 2.13. The normalized spacial score (nSPS) is 11.6. The highest BCUT2D eigenvalue weighted by Gasteiger charge is 2.09. The first kappa shape index (κ1) is 17.9. The maximum atomic E-state index is 12.1. The number of rotatable bonds is 5. The van der Waals surface area contributed by atoms with Crippen molar-refractivity contribution in [3.63, 3.8) is 0 Å². The third kappa shape index (κ3) is 5.03. The van der Waals surface area contributed by atoms with E-state index < -0.39 is 10.8 Å². The lowest BCUT2D eigenvalue weighted by atomic mass is 10.1. The molecule has 2 N–H and O–H groups in total. The Balaban J connectivity index is 1.94. The smallest absolute Gasteiger partial charge is 0.251 e. The zero-order valence-electron chi connectivity index (χ0n) is 13.9. The van der Waals surface area contributed by atoms with Gasteiger partial charge in [-0.2, -0.15) is 0 Å². The van der Waals surface area contributed by atoms with Crippen molar-refractivity contribution in [1.82, 2.24) is 5.32 Å². The van der Waals surface area contributed by atoms with Crippen molar-refractivity contribution < 1.29 is 13.8 Å². The zero-order chi connectivity index (χ0) is 17.7. The summed E-state index contributed by atoms with van der Waals surface area (Å²) in [6.45, 7) is 3.70. The molecule has 126 valence electrons. The number of anilines is 1. The number of carbonyl (C=O) groups excluding carboxylic acids is 2. The molecule has 0 aromatic heterocycles. The van der Waals surface area contributed by atoms with Crippen LogP contribution in [0.5, 0.6) is 0 Å². The number of hydrogen-bond acceptors (Lipinski definition) is 3. The van der Waals surface area contributed by atoms with Crippen molar-refractivity contribution in [3.8, 4) is 0 Å². The quantitative estimate of drug-likeness (QED) is 0.875. The molecule has 1 atom stereocenters. The number of carbonyl (C=O) groups is 2. The maximum absolute atomic E-state index is 12.1. The molecule has 0 spiro atoms. The van der Waals surface area contributed by atoms with Crippen LogP contribution in [0.3, 0.4) is 0 Å². The van der Waals surface area contributed by atoms with Gasteiger partial charge in [-0.25, -0.2) is 0 Å². The van der Waals surface area contributed by atoms with Gasteiger partial charge in [0.1, 0.15) is 0 Å². The van der Waals surface area contributed by atoms with Crippen molar-refractivity contribution >= 4 is 28.3 Å². The summed E-state index contributed by atoms with van der Waals surface area (Å²) >= 11 is 0. The lowest BCUT2D eigenvalue weighted by Gasteiger charge is -2.09. The second kappa shape index (κ2) is 7.88.